The molecule has 4 N–H and O–H groups in total. The largest absolute Gasteiger partial charge is 0.339 e. The fourth-order valence-corrected chi connectivity index (χ4v) is 4.36. The van der Waals surface area contributed by atoms with Gasteiger partial charge in [-0.3, -0.25) is 9.59 Å². The summed E-state index contributed by atoms with van der Waals surface area (Å²) in [5.41, 5.74) is 6.16. The van der Waals surface area contributed by atoms with Crippen LogP contribution in [-0.4, -0.2) is 50.8 Å². The summed E-state index contributed by atoms with van der Waals surface area (Å²) >= 11 is 0. The zero-order valence-corrected chi connectivity index (χ0v) is 15.5. The molecule has 2 aliphatic rings. The summed E-state index contributed by atoms with van der Waals surface area (Å²) in [6, 6.07) is 6.03. The predicted octanol–water partition coefficient (Wildman–Crippen LogP) is -0.117. The molecule has 142 valence electrons. The lowest BCUT2D eigenvalue weighted by atomic mass is 10.1. The first-order chi connectivity index (χ1) is 12.2. The van der Waals surface area contributed by atoms with Crippen LogP contribution in [0.25, 0.3) is 0 Å². The first-order valence-corrected chi connectivity index (χ1v) is 10.2. The van der Waals surface area contributed by atoms with Crippen molar-refractivity contribution in [1.29, 1.82) is 0 Å². The van der Waals surface area contributed by atoms with Gasteiger partial charge in [-0.05, 0) is 44.0 Å². The average Bonchev–Trinajstić information content (AvgIpc) is 3.16. The van der Waals surface area contributed by atoms with E-state index in [0.717, 1.165) is 6.42 Å². The summed E-state index contributed by atoms with van der Waals surface area (Å²) in [6.45, 7) is 3.41. The maximum absolute atomic E-state index is 12.9. The van der Waals surface area contributed by atoms with E-state index >= 15 is 0 Å². The van der Waals surface area contributed by atoms with Crippen molar-refractivity contribution < 1.29 is 18.0 Å². The standard InChI is InChI=1S/C17H24N4O4S/c1-11-5-12(8-18)9-20(11)17(23)13-6-16(22)21(10-13)14-3-2-4-15(7-14)26(19,24)25/h2-4,7,11-13H,5-6,8-10,18H2,1H3,(H2,19,24,25). The van der Waals surface area contributed by atoms with Gasteiger partial charge in [-0.1, -0.05) is 6.07 Å². The van der Waals surface area contributed by atoms with E-state index in [0.29, 0.717) is 24.7 Å². The monoisotopic (exact) mass is 380 g/mol. The number of carbonyl (C=O) groups excluding carboxylic acids is 2. The maximum Gasteiger partial charge on any atom is 0.238 e. The summed E-state index contributed by atoms with van der Waals surface area (Å²) in [5.74, 6) is -0.364. The Morgan fingerprint density at radius 3 is 2.65 bits per heavy atom. The zero-order valence-electron chi connectivity index (χ0n) is 14.7. The number of benzene rings is 1. The van der Waals surface area contributed by atoms with Crippen LogP contribution in [0, 0.1) is 11.8 Å². The van der Waals surface area contributed by atoms with Crippen LogP contribution < -0.4 is 15.8 Å². The SMILES string of the molecule is CC1CC(CN)CN1C(=O)C1CC(=O)N(c2cccc(S(N)(=O)=O)c2)C1. The van der Waals surface area contributed by atoms with Gasteiger partial charge in [0.05, 0.1) is 10.8 Å². The molecular weight excluding hydrogens is 356 g/mol. The molecule has 0 spiro atoms. The lowest BCUT2D eigenvalue weighted by Crippen LogP contribution is -2.40. The van der Waals surface area contributed by atoms with Gasteiger partial charge in [0.15, 0.2) is 0 Å². The van der Waals surface area contributed by atoms with E-state index in [1.807, 2.05) is 11.8 Å². The minimum atomic E-state index is -3.86. The lowest BCUT2D eigenvalue weighted by molar-refractivity contribution is -0.136. The molecule has 9 heteroatoms. The minimum absolute atomic E-state index is 0.0353. The number of sulfonamides is 1. The molecule has 0 aromatic heterocycles. The molecule has 26 heavy (non-hydrogen) atoms. The molecule has 0 bridgehead atoms. The molecule has 2 aliphatic heterocycles. The van der Waals surface area contributed by atoms with Gasteiger partial charge in [0.2, 0.25) is 21.8 Å². The molecule has 3 unspecified atom stereocenters. The Labute approximate surface area is 153 Å². The Morgan fingerprint density at radius 2 is 2.04 bits per heavy atom. The minimum Gasteiger partial charge on any atom is -0.339 e. The summed E-state index contributed by atoms with van der Waals surface area (Å²) < 4.78 is 23.1. The van der Waals surface area contributed by atoms with E-state index in [9.17, 15) is 18.0 Å². The number of carbonyl (C=O) groups is 2. The second-order valence-electron chi connectivity index (χ2n) is 7.12. The fraction of sp³-hybridized carbons (Fsp3) is 0.529. The van der Waals surface area contributed by atoms with Crippen molar-refractivity contribution in [1.82, 2.24) is 4.90 Å². The van der Waals surface area contributed by atoms with Crippen molar-refractivity contribution in [3.05, 3.63) is 24.3 Å². The van der Waals surface area contributed by atoms with Gasteiger partial charge in [0.1, 0.15) is 0 Å². The third kappa shape index (κ3) is 3.60. The molecule has 2 amide bonds. The number of nitrogens with two attached hydrogens (primary N) is 2. The van der Waals surface area contributed by atoms with E-state index in [1.165, 1.54) is 23.1 Å². The van der Waals surface area contributed by atoms with E-state index in [-0.39, 0.29) is 35.7 Å². The first kappa shape index (κ1) is 18.8. The number of nitrogens with zero attached hydrogens (tertiary/aromatic N) is 2. The van der Waals surface area contributed by atoms with E-state index in [4.69, 9.17) is 10.9 Å². The fourth-order valence-electron chi connectivity index (χ4n) is 3.81. The first-order valence-electron chi connectivity index (χ1n) is 8.64. The second-order valence-corrected chi connectivity index (χ2v) is 8.69. The molecule has 0 aliphatic carbocycles. The molecule has 8 nitrogen and oxygen atoms in total. The molecule has 2 fully saturated rings. The third-order valence-corrected chi connectivity index (χ3v) is 6.12. The summed E-state index contributed by atoms with van der Waals surface area (Å²) in [6.07, 6.45) is 0.998. The van der Waals surface area contributed by atoms with Crippen LogP contribution in [0.15, 0.2) is 29.2 Å². The van der Waals surface area contributed by atoms with E-state index < -0.39 is 15.9 Å². The molecule has 1 aromatic rings. The molecule has 2 heterocycles. The van der Waals surface area contributed by atoms with Crippen LogP contribution in [0.5, 0.6) is 0 Å². The lowest BCUT2D eigenvalue weighted by Gasteiger charge is -2.25. The van der Waals surface area contributed by atoms with Gasteiger partial charge >= 0.3 is 0 Å². The van der Waals surface area contributed by atoms with Crippen molar-refractivity contribution in [2.24, 2.45) is 22.7 Å². The van der Waals surface area contributed by atoms with Gasteiger partial charge in [-0.25, -0.2) is 13.6 Å². The molecule has 1 aromatic carbocycles. The van der Waals surface area contributed by atoms with Crippen LogP contribution in [0.4, 0.5) is 5.69 Å². The van der Waals surface area contributed by atoms with Crippen molar-refractivity contribution in [3.63, 3.8) is 0 Å². The van der Waals surface area contributed by atoms with Crippen LogP contribution >= 0.6 is 0 Å². The smallest absolute Gasteiger partial charge is 0.238 e. The van der Waals surface area contributed by atoms with Crippen LogP contribution in [0.3, 0.4) is 0 Å². The van der Waals surface area contributed by atoms with Crippen molar-refractivity contribution in [2.45, 2.75) is 30.7 Å². The topological polar surface area (TPSA) is 127 Å². The van der Waals surface area contributed by atoms with Crippen molar-refractivity contribution in [3.8, 4) is 0 Å². The average molecular weight is 380 g/mol. The Kier molecular flexibility index (Phi) is 5.05. The molecule has 0 saturated carbocycles. The normalized spacial score (nSPS) is 26.6. The molecule has 3 rings (SSSR count). The van der Waals surface area contributed by atoms with Crippen molar-refractivity contribution in [2.75, 3.05) is 24.5 Å². The highest BCUT2D eigenvalue weighted by Crippen LogP contribution is 2.30. The molecule has 3 atom stereocenters. The van der Waals surface area contributed by atoms with Gasteiger partial charge < -0.3 is 15.5 Å². The number of hydrogen-bond donors (Lipinski definition) is 2. The number of rotatable bonds is 4. The Bertz CT molecular complexity index is 826. The second kappa shape index (κ2) is 6.98. The van der Waals surface area contributed by atoms with Gasteiger partial charge in [0, 0.05) is 31.2 Å². The summed E-state index contributed by atoms with van der Waals surface area (Å²) in [4.78, 5) is 28.5. The molecule has 2 saturated heterocycles. The highest BCUT2D eigenvalue weighted by atomic mass is 32.2. The number of hydrogen-bond acceptors (Lipinski definition) is 5. The van der Waals surface area contributed by atoms with E-state index in [1.54, 1.807) is 6.07 Å². The molecule has 0 radical (unpaired) electrons. The number of primary sulfonamides is 1. The number of anilines is 1. The highest BCUT2D eigenvalue weighted by Gasteiger charge is 2.41. The van der Waals surface area contributed by atoms with E-state index in [2.05, 4.69) is 0 Å². The number of amides is 2. The summed E-state index contributed by atoms with van der Waals surface area (Å²) in [5, 5.41) is 5.16. The highest BCUT2D eigenvalue weighted by molar-refractivity contribution is 7.89. The third-order valence-electron chi connectivity index (χ3n) is 5.21. The predicted molar refractivity (Wildman–Crippen MR) is 96.6 cm³/mol. The van der Waals surface area contributed by atoms with Crippen LogP contribution in [0.1, 0.15) is 19.8 Å². The maximum atomic E-state index is 12.9. The Balaban J connectivity index is 1.76. The van der Waals surface area contributed by atoms with Gasteiger partial charge in [-0.2, -0.15) is 0 Å². The van der Waals surface area contributed by atoms with Crippen molar-refractivity contribution >= 4 is 27.5 Å². The Hall–Kier alpha value is -1.97. The number of likely N-dealkylation sites (tertiary alicyclic amines) is 1. The van der Waals surface area contributed by atoms with Crippen LogP contribution in [-0.2, 0) is 19.6 Å². The summed E-state index contributed by atoms with van der Waals surface area (Å²) in [7, 11) is -3.86. The molecular formula is C17H24N4O4S. The van der Waals surface area contributed by atoms with Gasteiger partial charge in [0.25, 0.3) is 0 Å². The zero-order chi connectivity index (χ0) is 19.1. The Morgan fingerprint density at radius 1 is 1.31 bits per heavy atom. The van der Waals surface area contributed by atoms with Gasteiger partial charge in [-0.15, -0.1) is 0 Å². The quantitative estimate of drug-likeness (QED) is 0.753. The van der Waals surface area contributed by atoms with Crippen LogP contribution in [0.2, 0.25) is 0 Å².